The van der Waals surface area contributed by atoms with Crippen LogP contribution in [-0.4, -0.2) is 11.0 Å². The standard InChI is InChI=1S/C15H21NO2/c1-5-6-12(17)10-7-9(2)13-11(8-10)15(3,4)14(18)16-13/h7-8,12,17H,5-6H2,1-4H3,(H,16,18). The summed E-state index contributed by atoms with van der Waals surface area (Å²) in [7, 11) is 0. The Labute approximate surface area is 108 Å². The van der Waals surface area contributed by atoms with Crippen LogP contribution in [0.5, 0.6) is 0 Å². The molecule has 2 N–H and O–H groups in total. The maximum Gasteiger partial charge on any atom is 0.234 e. The predicted molar refractivity (Wildman–Crippen MR) is 72.7 cm³/mol. The molecule has 3 nitrogen and oxygen atoms in total. The zero-order chi connectivity index (χ0) is 13.5. The molecule has 0 spiro atoms. The number of carbonyl (C=O) groups excluding carboxylic acids is 1. The van der Waals surface area contributed by atoms with E-state index in [1.807, 2.05) is 32.9 Å². The van der Waals surface area contributed by atoms with Gasteiger partial charge < -0.3 is 10.4 Å². The van der Waals surface area contributed by atoms with Crippen molar-refractivity contribution < 1.29 is 9.90 Å². The Balaban J connectivity index is 2.49. The molecule has 1 aliphatic rings. The zero-order valence-corrected chi connectivity index (χ0v) is 11.5. The third-order valence-electron chi connectivity index (χ3n) is 3.78. The quantitative estimate of drug-likeness (QED) is 0.862. The fraction of sp³-hybridized carbons (Fsp3) is 0.533. The summed E-state index contributed by atoms with van der Waals surface area (Å²) in [6.07, 6.45) is 1.25. The van der Waals surface area contributed by atoms with Crippen molar-refractivity contribution in [3.63, 3.8) is 0 Å². The molecule has 0 saturated carbocycles. The second-order valence-corrected chi connectivity index (χ2v) is 5.64. The normalized spacial score (nSPS) is 18.4. The SMILES string of the molecule is CCCC(O)c1cc(C)c2c(c1)C(C)(C)C(=O)N2. The third-order valence-corrected chi connectivity index (χ3v) is 3.78. The number of amides is 1. The van der Waals surface area contributed by atoms with Gasteiger partial charge in [-0.2, -0.15) is 0 Å². The largest absolute Gasteiger partial charge is 0.388 e. The zero-order valence-electron chi connectivity index (χ0n) is 11.5. The average molecular weight is 247 g/mol. The smallest absolute Gasteiger partial charge is 0.234 e. The molecule has 2 rings (SSSR count). The highest BCUT2D eigenvalue weighted by Crippen LogP contribution is 2.41. The molecule has 1 heterocycles. The van der Waals surface area contributed by atoms with Gasteiger partial charge in [0.1, 0.15) is 0 Å². The molecule has 18 heavy (non-hydrogen) atoms. The van der Waals surface area contributed by atoms with Crippen molar-refractivity contribution in [1.29, 1.82) is 0 Å². The minimum absolute atomic E-state index is 0.0303. The van der Waals surface area contributed by atoms with Crippen LogP contribution in [0.15, 0.2) is 12.1 Å². The maximum absolute atomic E-state index is 11.9. The Hall–Kier alpha value is -1.35. The highest BCUT2D eigenvalue weighted by molar-refractivity contribution is 6.06. The predicted octanol–water partition coefficient (Wildman–Crippen LogP) is 3.06. The molecular weight excluding hydrogens is 226 g/mol. The topological polar surface area (TPSA) is 49.3 Å². The van der Waals surface area contributed by atoms with Gasteiger partial charge in [-0.05, 0) is 43.9 Å². The lowest BCUT2D eigenvalue weighted by atomic mass is 9.83. The van der Waals surface area contributed by atoms with E-state index in [2.05, 4.69) is 12.2 Å². The van der Waals surface area contributed by atoms with Crippen molar-refractivity contribution in [2.45, 2.75) is 52.1 Å². The highest BCUT2D eigenvalue weighted by atomic mass is 16.3. The first-order valence-corrected chi connectivity index (χ1v) is 6.52. The first-order chi connectivity index (χ1) is 8.37. The van der Waals surface area contributed by atoms with Gasteiger partial charge in [-0.25, -0.2) is 0 Å². The van der Waals surface area contributed by atoms with Crippen molar-refractivity contribution in [2.24, 2.45) is 0 Å². The monoisotopic (exact) mass is 247 g/mol. The third kappa shape index (κ3) is 1.93. The summed E-state index contributed by atoms with van der Waals surface area (Å²) in [6, 6.07) is 3.95. The van der Waals surface area contributed by atoms with Crippen molar-refractivity contribution >= 4 is 11.6 Å². The van der Waals surface area contributed by atoms with Crippen LogP contribution in [0, 0.1) is 6.92 Å². The lowest BCUT2D eigenvalue weighted by Gasteiger charge is -2.18. The number of rotatable bonds is 3. The van der Waals surface area contributed by atoms with Gasteiger partial charge in [0.2, 0.25) is 5.91 Å². The molecule has 0 saturated heterocycles. The van der Waals surface area contributed by atoms with Crippen molar-refractivity contribution in [3.05, 3.63) is 28.8 Å². The minimum Gasteiger partial charge on any atom is -0.388 e. The lowest BCUT2D eigenvalue weighted by molar-refractivity contribution is -0.119. The minimum atomic E-state index is -0.512. The molecule has 0 bridgehead atoms. The van der Waals surface area contributed by atoms with Gasteiger partial charge in [0.05, 0.1) is 11.5 Å². The van der Waals surface area contributed by atoms with Gasteiger partial charge in [0, 0.05) is 5.69 Å². The number of hydrogen-bond donors (Lipinski definition) is 2. The van der Waals surface area contributed by atoms with Gasteiger partial charge >= 0.3 is 0 Å². The second kappa shape index (κ2) is 4.39. The Kier molecular flexibility index (Phi) is 3.20. The van der Waals surface area contributed by atoms with Crippen LogP contribution in [0.25, 0.3) is 0 Å². The van der Waals surface area contributed by atoms with E-state index in [1.54, 1.807) is 0 Å². The van der Waals surface area contributed by atoms with Crippen molar-refractivity contribution in [1.82, 2.24) is 0 Å². The molecule has 1 aromatic rings. The maximum atomic E-state index is 11.9. The molecule has 1 aromatic carbocycles. The highest BCUT2D eigenvalue weighted by Gasteiger charge is 2.39. The first kappa shape index (κ1) is 13.1. The summed E-state index contributed by atoms with van der Waals surface area (Å²) in [5.74, 6) is 0.0303. The molecule has 1 unspecified atom stereocenters. The van der Waals surface area contributed by atoms with Crippen molar-refractivity contribution in [3.8, 4) is 0 Å². The molecule has 0 aromatic heterocycles. The summed E-state index contributed by atoms with van der Waals surface area (Å²) in [4.78, 5) is 11.9. The van der Waals surface area contributed by atoms with Crippen LogP contribution in [0.4, 0.5) is 5.69 Å². The van der Waals surface area contributed by atoms with Gasteiger partial charge in [-0.15, -0.1) is 0 Å². The van der Waals surface area contributed by atoms with E-state index < -0.39 is 11.5 Å². The van der Waals surface area contributed by atoms with Gasteiger partial charge in [-0.1, -0.05) is 25.5 Å². The molecule has 3 heteroatoms. The average Bonchev–Trinajstić information content (AvgIpc) is 2.52. The van der Waals surface area contributed by atoms with E-state index in [9.17, 15) is 9.90 Å². The van der Waals surface area contributed by atoms with Gasteiger partial charge in [0.25, 0.3) is 0 Å². The number of aliphatic hydroxyl groups excluding tert-OH is 1. The number of hydrogen-bond acceptors (Lipinski definition) is 2. The number of aryl methyl sites for hydroxylation is 1. The molecule has 0 fully saturated rings. The molecule has 1 aliphatic heterocycles. The molecule has 98 valence electrons. The van der Waals surface area contributed by atoms with E-state index in [1.165, 1.54) is 0 Å². The number of carbonyl (C=O) groups is 1. The lowest BCUT2D eigenvalue weighted by Crippen LogP contribution is -2.26. The van der Waals surface area contributed by atoms with Gasteiger partial charge in [-0.3, -0.25) is 4.79 Å². The Bertz CT molecular complexity index is 492. The van der Waals surface area contributed by atoms with Crippen LogP contribution >= 0.6 is 0 Å². The Morgan fingerprint density at radius 2 is 2.06 bits per heavy atom. The molecule has 1 amide bonds. The van der Waals surface area contributed by atoms with E-state index >= 15 is 0 Å². The number of nitrogens with one attached hydrogen (secondary N) is 1. The molecule has 0 radical (unpaired) electrons. The molecular formula is C15H21NO2. The Morgan fingerprint density at radius 3 is 2.67 bits per heavy atom. The fourth-order valence-corrected chi connectivity index (χ4v) is 2.50. The van der Waals surface area contributed by atoms with E-state index in [-0.39, 0.29) is 5.91 Å². The number of anilines is 1. The number of aliphatic hydroxyl groups is 1. The second-order valence-electron chi connectivity index (χ2n) is 5.64. The summed E-state index contributed by atoms with van der Waals surface area (Å²) in [5.41, 5.74) is 3.34. The summed E-state index contributed by atoms with van der Waals surface area (Å²) in [5, 5.41) is 13.0. The van der Waals surface area contributed by atoms with E-state index in [4.69, 9.17) is 0 Å². The van der Waals surface area contributed by atoms with Gasteiger partial charge in [0.15, 0.2) is 0 Å². The molecule has 1 atom stereocenters. The Morgan fingerprint density at radius 1 is 1.39 bits per heavy atom. The van der Waals surface area contributed by atoms with Crippen LogP contribution in [0.2, 0.25) is 0 Å². The van der Waals surface area contributed by atoms with Crippen LogP contribution in [0.1, 0.15) is 56.4 Å². The van der Waals surface area contributed by atoms with Crippen LogP contribution in [-0.2, 0) is 10.2 Å². The molecule has 0 aliphatic carbocycles. The summed E-state index contributed by atoms with van der Waals surface area (Å²) >= 11 is 0. The van der Waals surface area contributed by atoms with Crippen LogP contribution in [0.3, 0.4) is 0 Å². The van der Waals surface area contributed by atoms with E-state index in [0.29, 0.717) is 0 Å². The number of fused-ring (bicyclic) bond motifs is 1. The van der Waals surface area contributed by atoms with Crippen molar-refractivity contribution in [2.75, 3.05) is 5.32 Å². The first-order valence-electron chi connectivity index (χ1n) is 6.52. The van der Waals surface area contributed by atoms with E-state index in [0.717, 1.165) is 35.2 Å². The van der Waals surface area contributed by atoms with Crippen LogP contribution < -0.4 is 5.32 Å². The summed E-state index contributed by atoms with van der Waals surface area (Å²) < 4.78 is 0. The fourth-order valence-electron chi connectivity index (χ4n) is 2.50. The summed E-state index contributed by atoms with van der Waals surface area (Å²) in [6.45, 7) is 7.87. The number of benzene rings is 1.